The number of allylic oxidation sites excluding steroid dienone is 1. The van der Waals surface area contributed by atoms with E-state index in [1.54, 1.807) is 0 Å². The summed E-state index contributed by atoms with van der Waals surface area (Å²) in [6, 6.07) is 3.99. The van der Waals surface area contributed by atoms with E-state index in [-0.39, 0.29) is 11.3 Å². The molecule has 5 heteroatoms. The Balaban J connectivity index is 2.53. The van der Waals surface area contributed by atoms with Crippen molar-refractivity contribution < 1.29 is 23.8 Å². The van der Waals surface area contributed by atoms with Gasteiger partial charge in [0.05, 0.1) is 0 Å². The molecule has 0 aromatic heterocycles. The van der Waals surface area contributed by atoms with E-state index in [1.165, 1.54) is 24.3 Å². The minimum atomic E-state index is -3.90. The van der Waals surface area contributed by atoms with Crippen molar-refractivity contribution in [2.24, 2.45) is 0 Å². The minimum absolute atomic E-state index is 0.0105. The second kappa shape index (κ2) is 3.84. The highest BCUT2D eigenvalue weighted by molar-refractivity contribution is 5.94. The van der Waals surface area contributed by atoms with E-state index in [4.69, 9.17) is 5.11 Å². The number of aliphatic carboxylic acids is 1. The number of phenols is 1. The van der Waals surface area contributed by atoms with Crippen LogP contribution in [0.4, 0.5) is 8.78 Å². The van der Waals surface area contributed by atoms with Gasteiger partial charge in [0.25, 0.3) is 0 Å². The van der Waals surface area contributed by atoms with E-state index in [2.05, 4.69) is 0 Å². The maximum Gasteiger partial charge on any atom is 0.379 e. The molecule has 1 aromatic rings. The Morgan fingerprint density at radius 3 is 2.71 bits per heavy atom. The molecule has 0 amide bonds. The third kappa shape index (κ3) is 1.88. The van der Waals surface area contributed by atoms with Crippen LogP contribution < -0.4 is 0 Å². The maximum absolute atomic E-state index is 13.5. The standard InChI is InChI=1S/C12H10F2O3/c13-12(14,11(16)17)10-3-1-2-7-6-8(15)4-5-9(7)10/h3-6,15H,1-2H2,(H,16,17). The summed E-state index contributed by atoms with van der Waals surface area (Å²) in [4.78, 5) is 10.6. The van der Waals surface area contributed by atoms with Gasteiger partial charge in [-0.3, -0.25) is 0 Å². The van der Waals surface area contributed by atoms with Crippen LogP contribution >= 0.6 is 0 Å². The van der Waals surface area contributed by atoms with Gasteiger partial charge < -0.3 is 10.2 Å². The summed E-state index contributed by atoms with van der Waals surface area (Å²) in [6.07, 6.45) is 2.10. The van der Waals surface area contributed by atoms with E-state index in [1.807, 2.05) is 0 Å². The summed E-state index contributed by atoms with van der Waals surface area (Å²) in [5.74, 6) is -6.07. The normalized spacial score (nSPS) is 15.1. The number of carboxylic acid groups (broad SMARTS) is 1. The van der Waals surface area contributed by atoms with E-state index >= 15 is 0 Å². The molecule has 0 unspecified atom stereocenters. The molecule has 1 aromatic carbocycles. The first-order valence-corrected chi connectivity index (χ1v) is 5.07. The van der Waals surface area contributed by atoms with Crippen molar-refractivity contribution in [2.75, 3.05) is 0 Å². The van der Waals surface area contributed by atoms with Crippen molar-refractivity contribution >= 4 is 11.5 Å². The largest absolute Gasteiger partial charge is 0.508 e. The summed E-state index contributed by atoms with van der Waals surface area (Å²) in [5, 5.41) is 17.8. The van der Waals surface area contributed by atoms with Crippen LogP contribution in [0.15, 0.2) is 24.3 Å². The highest BCUT2D eigenvalue weighted by Gasteiger charge is 2.44. The van der Waals surface area contributed by atoms with Crippen LogP contribution in [0.5, 0.6) is 5.75 Å². The topological polar surface area (TPSA) is 57.5 Å². The lowest BCUT2D eigenvalue weighted by Crippen LogP contribution is -2.31. The van der Waals surface area contributed by atoms with E-state index in [9.17, 15) is 18.7 Å². The highest BCUT2D eigenvalue weighted by atomic mass is 19.3. The second-order valence-corrected chi connectivity index (χ2v) is 3.88. The molecule has 3 nitrogen and oxygen atoms in total. The molecule has 0 aliphatic heterocycles. The predicted molar refractivity (Wildman–Crippen MR) is 57.0 cm³/mol. The monoisotopic (exact) mass is 240 g/mol. The van der Waals surface area contributed by atoms with Crippen LogP contribution in [-0.2, 0) is 11.2 Å². The summed E-state index contributed by atoms with van der Waals surface area (Å²) in [5.41, 5.74) is 0.246. The second-order valence-electron chi connectivity index (χ2n) is 3.88. The van der Waals surface area contributed by atoms with Crippen LogP contribution in [0.25, 0.3) is 5.57 Å². The van der Waals surface area contributed by atoms with Crippen LogP contribution in [0.2, 0.25) is 0 Å². The lowest BCUT2D eigenvalue weighted by atomic mass is 9.87. The molecular weight excluding hydrogens is 230 g/mol. The molecule has 0 bridgehead atoms. The van der Waals surface area contributed by atoms with Gasteiger partial charge in [-0.15, -0.1) is 0 Å². The third-order valence-electron chi connectivity index (χ3n) is 2.75. The average Bonchev–Trinajstić information content (AvgIpc) is 2.27. The smallest absolute Gasteiger partial charge is 0.379 e. The number of rotatable bonds is 2. The van der Waals surface area contributed by atoms with Crippen molar-refractivity contribution in [2.45, 2.75) is 18.8 Å². The highest BCUT2D eigenvalue weighted by Crippen LogP contribution is 2.39. The first-order chi connectivity index (χ1) is 7.93. The van der Waals surface area contributed by atoms with Crippen LogP contribution in [0.3, 0.4) is 0 Å². The van der Waals surface area contributed by atoms with Crippen molar-refractivity contribution in [1.82, 2.24) is 0 Å². The van der Waals surface area contributed by atoms with Gasteiger partial charge in [0, 0.05) is 5.57 Å². The maximum atomic E-state index is 13.5. The Morgan fingerprint density at radius 1 is 1.35 bits per heavy atom. The molecule has 0 heterocycles. The molecule has 1 aliphatic carbocycles. The number of alkyl halides is 2. The van der Waals surface area contributed by atoms with Crippen LogP contribution in [0, 0.1) is 0 Å². The van der Waals surface area contributed by atoms with Crippen molar-refractivity contribution in [3.8, 4) is 5.75 Å². The van der Waals surface area contributed by atoms with Gasteiger partial charge in [0.2, 0.25) is 0 Å². The Kier molecular flexibility index (Phi) is 2.61. The number of fused-ring (bicyclic) bond motifs is 1. The Bertz CT molecular complexity index is 506. The van der Waals surface area contributed by atoms with Gasteiger partial charge >= 0.3 is 11.9 Å². The van der Waals surface area contributed by atoms with E-state index in [0.717, 1.165) is 0 Å². The van der Waals surface area contributed by atoms with Gasteiger partial charge in [0.15, 0.2) is 0 Å². The molecule has 17 heavy (non-hydrogen) atoms. The molecule has 0 radical (unpaired) electrons. The van der Waals surface area contributed by atoms with Gasteiger partial charge in [-0.1, -0.05) is 12.1 Å². The summed E-state index contributed by atoms with van der Waals surface area (Å²) >= 11 is 0. The summed E-state index contributed by atoms with van der Waals surface area (Å²) in [6.45, 7) is 0. The zero-order valence-corrected chi connectivity index (χ0v) is 8.78. The number of benzene rings is 1. The minimum Gasteiger partial charge on any atom is -0.508 e. The number of aryl methyl sites for hydroxylation is 1. The van der Waals surface area contributed by atoms with E-state index in [0.29, 0.717) is 18.4 Å². The number of carboxylic acids is 1. The molecular formula is C12H10F2O3. The Labute approximate surface area is 96.0 Å². The number of carbonyl (C=O) groups is 1. The van der Waals surface area contributed by atoms with Crippen molar-refractivity contribution in [3.05, 3.63) is 35.4 Å². The molecule has 0 fully saturated rings. The molecule has 0 spiro atoms. The SMILES string of the molecule is O=C(O)C(F)(F)C1=CCCc2cc(O)ccc21. The number of hydrogen-bond acceptors (Lipinski definition) is 2. The molecule has 0 atom stereocenters. The Hall–Kier alpha value is -1.91. The lowest BCUT2D eigenvalue weighted by Gasteiger charge is -2.22. The lowest BCUT2D eigenvalue weighted by molar-refractivity contribution is -0.156. The number of hydrogen-bond donors (Lipinski definition) is 2. The fourth-order valence-corrected chi connectivity index (χ4v) is 1.94. The van der Waals surface area contributed by atoms with E-state index < -0.39 is 17.5 Å². The average molecular weight is 240 g/mol. The third-order valence-corrected chi connectivity index (χ3v) is 2.75. The molecule has 0 saturated heterocycles. The van der Waals surface area contributed by atoms with Gasteiger partial charge in [-0.25, -0.2) is 4.79 Å². The van der Waals surface area contributed by atoms with Gasteiger partial charge in [-0.2, -0.15) is 8.78 Å². The first-order valence-electron chi connectivity index (χ1n) is 5.07. The zero-order chi connectivity index (χ0) is 12.6. The number of phenolic OH excluding ortho intramolecular Hbond substituents is 1. The quantitative estimate of drug-likeness (QED) is 0.834. The summed E-state index contributed by atoms with van der Waals surface area (Å²) < 4.78 is 27.0. The van der Waals surface area contributed by atoms with Crippen LogP contribution in [-0.4, -0.2) is 22.1 Å². The zero-order valence-electron chi connectivity index (χ0n) is 8.78. The predicted octanol–water partition coefficient (Wildman–Crippen LogP) is 2.44. The molecule has 2 N–H and O–H groups in total. The fourth-order valence-electron chi connectivity index (χ4n) is 1.94. The molecule has 90 valence electrons. The van der Waals surface area contributed by atoms with Gasteiger partial charge in [-0.05, 0) is 36.1 Å². The van der Waals surface area contributed by atoms with Crippen LogP contribution in [0.1, 0.15) is 17.5 Å². The first kappa shape index (κ1) is 11.6. The van der Waals surface area contributed by atoms with Crippen molar-refractivity contribution in [3.63, 3.8) is 0 Å². The Morgan fingerprint density at radius 2 is 2.06 bits per heavy atom. The molecule has 0 saturated carbocycles. The van der Waals surface area contributed by atoms with Crippen molar-refractivity contribution in [1.29, 1.82) is 0 Å². The molecule has 1 aliphatic rings. The molecule has 2 rings (SSSR count). The number of aromatic hydroxyl groups is 1. The number of halogens is 2. The summed E-state index contributed by atoms with van der Waals surface area (Å²) in [7, 11) is 0. The van der Waals surface area contributed by atoms with Gasteiger partial charge in [0.1, 0.15) is 5.75 Å². The fraction of sp³-hybridized carbons (Fsp3) is 0.250.